The second-order valence-corrected chi connectivity index (χ2v) is 6.60. The zero-order valence-electron chi connectivity index (χ0n) is 11.9. The molecule has 0 radical (unpaired) electrons. The molecule has 1 saturated carbocycles. The van der Waals surface area contributed by atoms with E-state index < -0.39 is 27.8 Å². The molecule has 1 aromatic heterocycles. The first-order valence-electron chi connectivity index (χ1n) is 7.17. The van der Waals surface area contributed by atoms with E-state index in [2.05, 4.69) is 4.98 Å². The van der Waals surface area contributed by atoms with Crippen LogP contribution in [-0.2, 0) is 16.5 Å². The van der Waals surface area contributed by atoms with Crippen molar-refractivity contribution in [1.82, 2.24) is 4.98 Å². The number of nitrogens with one attached hydrogen (secondary N) is 1. The number of phenols is 1. The molecule has 2 aromatic rings. The quantitative estimate of drug-likeness (QED) is 0.769. The van der Waals surface area contributed by atoms with Crippen LogP contribution < -0.4 is 0 Å². The van der Waals surface area contributed by atoms with E-state index in [4.69, 9.17) is 0 Å². The van der Waals surface area contributed by atoms with Crippen LogP contribution in [0.5, 0.6) is 5.75 Å². The molecule has 0 unspecified atom stereocenters. The number of aromatic nitrogens is 1. The molecule has 23 heavy (non-hydrogen) atoms. The van der Waals surface area contributed by atoms with Crippen LogP contribution in [0.1, 0.15) is 42.7 Å². The number of halogens is 3. The number of fused-ring (bicyclic) bond motifs is 1. The van der Waals surface area contributed by atoms with Gasteiger partial charge in [0.15, 0.2) is 10.4 Å². The lowest BCUT2D eigenvalue weighted by Crippen LogP contribution is -2.08. The Bertz CT molecular complexity index is 931. The fourth-order valence-electron chi connectivity index (χ4n) is 3.23. The van der Waals surface area contributed by atoms with E-state index in [9.17, 15) is 26.7 Å². The molecule has 1 heterocycles. The van der Waals surface area contributed by atoms with Crippen molar-refractivity contribution in [3.05, 3.63) is 34.0 Å². The van der Waals surface area contributed by atoms with Gasteiger partial charge in [0.1, 0.15) is 0 Å². The van der Waals surface area contributed by atoms with Crippen LogP contribution >= 0.6 is 0 Å². The average molecular weight is 345 g/mol. The van der Waals surface area contributed by atoms with Gasteiger partial charge in [0.05, 0.1) is 11.1 Å². The molecule has 124 valence electrons. The van der Waals surface area contributed by atoms with Crippen LogP contribution in [0, 0.1) is 4.64 Å². The largest absolute Gasteiger partial charge is 0.505 e. The molecule has 1 aliphatic carbocycles. The van der Waals surface area contributed by atoms with Crippen molar-refractivity contribution in [3.8, 4) is 5.75 Å². The second kappa shape index (κ2) is 5.59. The zero-order chi connectivity index (χ0) is 16.8. The fourth-order valence-corrected chi connectivity index (χ4v) is 3.59. The molecule has 1 fully saturated rings. The van der Waals surface area contributed by atoms with Crippen molar-refractivity contribution in [2.75, 3.05) is 0 Å². The Balaban J connectivity index is 2.42. The van der Waals surface area contributed by atoms with Crippen LogP contribution in [0.4, 0.5) is 13.2 Å². The van der Waals surface area contributed by atoms with Crippen molar-refractivity contribution < 1.29 is 26.7 Å². The lowest BCUT2D eigenvalue weighted by atomic mass is 9.91. The maximum absolute atomic E-state index is 13.2. The summed E-state index contributed by atoms with van der Waals surface area (Å²) in [6, 6.07) is 3.73. The van der Waals surface area contributed by atoms with E-state index in [1.165, 1.54) is 12.1 Å². The molecule has 1 aliphatic rings. The zero-order valence-corrected chi connectivity index (χ0v) is 12.8. The minimum atomic E-state index is -4.72. The first-order chi connectivity index (χ1) is 10.8. The lowest BCUT2D eigenvalue weighted by molar-refractivity contribution is -0.138. The van der Waals surface area contributed by atoms with E-state index in [1.54, 1.807) is 0 Å². The van der Waals surface area contributed by atoms with Crippen molar-refractivity contribution in [3.63, 3.8) is 0 Å². The summed E-state index contributed by atoms with van der Waals surface area (Å²) in [6.07, 6.45) is -1.26. The minimum absolute atomic E-state index is 0.0174. The molecular formula is C15H14F3NO3S. The van der Waals surface area contributed by atoms with Gasteiger partial charge < -0.3 is 10.1 Å². The molecule has 0 saturated heterocycles. The van der Waals surface area contributed by atoms with Gasteiger partial charge in [0.25, 0.3) is 0 Å². The summed E-state index contributed by atoms with van der Waals surface area (Å²) < 4.78 is 61.4. The van der Waals surface area contributed by atoms with Gasteiger partial charge in [0, 0.05) is 5.39 Å². The van der Waals surface area contributed by atoms with Crippen LogP contribution in [0.2, 0.25) is 0 Å². The Hall–Kier alpha value is -1.96. The topological polar surface area (TPSA) is 70.2 Å². The summed E-state index contributed by atoms with van der Waals surface area (Å²) >= 11 is 0. The van der Waals surface area contributed by atoms with E-state index >= 15 is 0 Å². The third-order valence-electron chi connectivity index (χ3n) is 4.30. The Morgan fingerprint density at radius 3 is 2.39 bits per heavy atom. The van der Waals surface area contributed by atoms with Crippen LogP contribution in [-0.4, -0.2) is 18.5 Å². The number of pyridine rings is 1. The predicted molar refractivity (Wildman–Crippen MR) is 78.3 cm³/mol. The summed E-state index contributed by atoms with van der Waals surface area (Å²) in [5.41, 5.74) is -0.831. The summed E-state index contributed by atoms with van der Waals surface area (Å²) in [6.45, 7) is 0. The fraction of sp³-hybridized carbons (Fsp3) is 0.400. The normalized spacial score (nSPS) is 16.1. The molecule has 0 spiro atoms. The maximum Gasteiger partial charge on any atom is 0.420 e. The smallest absolute Gasteiger partial charge is 0.420 e. The summed E-state index contributed by atoms with van der Waals surface area (Å²) in [7, 11) is -2.63. The first kappa shape index (κ1) is 15.9. The lowest BCUT2D eigenvalue weighted by Gasteiger charge is -2.18. The number of aromatic hydroxyl groups is 1. The highest BCUT2D eigenvalue weighted by Gasteiger charge is 2.36. The summed E-state index contributed by atoms with van der Waals surface area (Å²) in [4.78, 5) is 2.41. The number of hydrogen-bond donors (Lipinski definition) is 2. The van der Waals surface area contributed by atoms with Crippen LogP contribution in [0.3, 0.4) is 0 Å². The third-order valence-corrected chi connectivity index (χ3v) is 4.90. The van der Waals surface area contributed by atoms with Gasteiger partial charge in [-0.1, -0.05) is 12.8 Å². The Kier molecular flexibility index (Phi) is 3.87. The molecule has 1 aromatic carbocycles. The molecule has 0 aliphatic heterocycles. The van der Waals surface area contributed by atoms with Gasteiger partial charge in [-0.3, -0.25) is 0 Å². The highest BCUT2D eigenvalue weighted by molar-refractivity contribution is 7.63. The third kappa shape index (κ3) is 2.83. The molecule has 2 N–H and O–H groups in total. The number of phenolic OH excluding ortho intramolecular Hbond substituents is 1. The van der Waals surface area contributed by atoms with E-state index in [1.807, 2.05) is 0 Å². The second-order valence-electron chi connectivity index (χ2n) is 5.69. The van der Waals surface area contributed by atoms with Crippen molar-refractivity contribution >= 4 is 21.2 Å². The Labute approximate surface area is 131 Å². The van der Waals surface area contributed by atoms with Gasteiger partial charge in [0.2, 0.25) is 10.3 Å². The van der Waals surface area contributed by atoms with Crippen molar-refractivity contribution in [1.29, 1.82) is 0 Å². The number of hydrogen-bond acceptors (Lipinski definition) is 3. The van der Waals surface area contributed by atoms with E-state index in [0.29, 0.717) is 10.9 Å². The van der Waals surface area contributed by atoms with Gasteiger partial charge in [-0.25, -0.2) is 0 Å². The molecule has 0 amide bonds. The maximum atomic E-state index is 13.2. The molecule has 0 atom stereocenters. The van der Waals surface area contributed by atoms with Gasteiger partial charge >= 0.3 is 6.18 Å². The van der Waals surface area contributed by atoms with Gasteiger partial charge in [-0.2, -0.15) is 21.6 Å². The van der Waals surface area contributed by atoms with Crippen molar-refractivity contribution in [2.45, 2.75) is 37.8 Å². The monoisotopic (exact) mass is 345 g/mol. The van der Waals surface area contributed by atoms with E-state index in [0.717, 1.165) is 31.7 Å². The number of alkyl halides is 3. The number of rotatable bonds is 1. The highest BCUT2D eigenvalue weighted by Crippen LogP contribution is 2.45. The van der Waals surface area contributed by atoms with Crippen LogP contribution in [0.25, 0.3) is 10.9 Å². The molecule has 3 rings (SSSR count). The number of benzene rings is 1. The standard InChI is InChI=1S/C15H14F3NO3S/c16-15(17,18)11-7-10(8-3-1-2-4-8)9-5-6-12(23(21)22)19-13(9)14(11)20/h5-8,19-20H,1-4H2. The van der Waals surface area contributed by atoms with Crippen LogP contribution in [0.15, 0.2) is 18.2 Å². The molecule has 4 nitrogen and oxygen atoms in total. The highest BCUT2D eigenvalue weighted by atomic mass is 32.2. The minimum Gasteiger partial charge on any atom is -0.505 e. The Morgan fingerprint density at radius 2 is 1.83 bits per heavy atom. The molecule has 0 bridgehead atoms. The number of aromatic amines is 1. The summed E-state index contributed by atoms with van der Waals surface area (Å²) in [5, 5.41) is 10.4. The van der Waals surface area contributed by atoms with Crippen molar-refractivity contribution in [2.24, 2.45) is 0 Å². The SMILES string of the molecule is O=S(=O)=c1ccc2c(C3CCCC3)cc(C(F)(F)F)c(O)c2[nH]1. The summed E-state index contributed by atoms with van der Waals surface area (Å²) in [5.74, 6) is -0.988. The average Bonchev–Trinajstić information content (AvgIpc) is 3.00. The number of H-pyrrole nitrogens is 1. The van der Waals surface area contributed by atoms with Gasteiger partial charge in [-0.05, 0) is 42.5 Å². The first-order valence-corrected chi connectivity index (χ1v) is 8.25. The molecular weight excluding hydrogens is 331 g/mol. The molecule has 8 heteroatoms. The van der Waals surface area contributed by atoms with Gasteiger partial charge in [-0.15, -0.1) is 0 Å². The Morgan fingerprint density at radius 1 is 1.17 bits per heavy atom. The van der Waals surface area contributed by atoms with E-state index in [-0.39, 0.29) is 16.1 Å². The predicted octanol–water partition coefficient (Wildman–Crippen LogP) is 3.96.